The van der Waals surface area contributed by atoms with E-state index in [9.17, 15) is 0 Å². The first-order valence-electron chi connectivity index (χ1n) is 6.30. The van der Waals surface area contributed by atoms with Crippen molar-refractivity contribution in [3.8, 4) is 0 Å². The molecule has 1 aliphatic carbocycles. The van der Waals surface area contributed by atoms with E-state index in [4.69, 9.17) is 5.73 Å². The van der Waals surface area contributed by atoms with Crippen LogP contribution in [0.15, 0.2) is 22.7 Å². The molecule has 2 N–H and O–H groups in total. The van der Waals surface area contributed by atoms with E-state index in [1.807, 2.05) is 12.1 Å². The fraction of sp³-hybridized carbons (Fsp3) is 0.571. The van der Waals surface area contributed by atoms with Gasteiger partial charge in [-0.2, -0.15) is 11.8 Å². The van der Waals surface area contributed by atoms with Crippen LogP contribution in [0.2, 0.25) is 0 Å². The molecule has 0 amide bonds. The lowest BCUT2D eigenvalue weighted by Crippen LogP contribution is -2.15. The zero-order valence-electron chi connectivity index (χ0n) is 10.3. The topological polar surface area (TPSA) is 26.0 Å². The lowest BCUT2D eigenvalue weighted by atomic mass is 9.91. The number of thioether (sulfide) groups is 1. The first-order valence-corrected chi connectivity index (χ1v) is 8.15. The van der Waals surface area contributed by atoms with E-state index in [0.29, 0.717) is 0 Å². The fourth-order valence-corrected chi connectivity index (χ4v) is 4.61. The minimum absolute atomic E-state index is 0.830. The van der Waals surface area contributed by atoms with Gasteiger partial charge in [0.05, 0.1) is 0 Å². The van der Waals surface area contributed by atoms with Crippen molar-refractivity contribution >= 4 is 33.4 Å². The third-order valence-corrected chi connectivity index (χ3v) is 5.56. The summed E-state index contributed by atoms with van der Waals surface area (Å²) < 4.78 is 1.15. The highest BCUT2D eigenvalue weighted by atomic mass is 79.9. The Morgan fingerprint density at radius 1 is 1.41 bits per heavy atom. The Balaban J connectivity index is 1.88. The Kier molecular flexibility index (Phi) is 4.80. The van der Waals surface area contributed by atoms with Gasteiger partial charge in [0, 0.05) is 21.2 Å². The van der Waals surface area contributed by atoms with Crippen LogP contribution in [0.4, 0.5) is 5.69 Å². The van der Waals surface area contributed by atoms with Crippen molar-refractivity contribution in [2.24, 2.45) is 5.92 Å². The molecule has 0 bridgehead atoms. The smallest absolute Gasteiger partial charge is 0.0325 e. The number of nitrogen functional groups attached to an aromatic ring is 1. The van der Waals surface area contributed by atoms with Crippen LogP contribution in [0.25, 0.3) is 0 Å². The van der Waals surface area contributed by atoms with Gasteiger partial charge < -0.3 is 5.73 Å². The van der Waals surface area contributed by atoms with Gasteiger partial charge in [-0.05, 0) is 36.5 Å². The van der Waals surface area contributed by atoms with Gasteiger partial charge in [-0.15, -0.1) is 0 Å². The van der Waals surface area contributed by atoms with Gasteiger partial charge in [0.15, 0.2) is 0 Å². The quantitative estimate of drug-likeness (QED) is 0.808. The van der Waals surface area contributed by atoms with E-state index in [-0.39, 0.29) is 0 Å². The maximum Gasteiger partial charge on any atom is 0.0325 e. The van der Waals surface area contributed by atoms with Crippen LogP contribution in [0, 0.1) is 5.92 Å². The van der Waals surface area contributed by atoms with E-state index in [0.717, 1.165) is 27.1 Å². The molecular weight excluding hydrogens is 294 g/mol. The van der Waals surface area contributed by atoms with Crippen molar-refractivity contribution < 1.29 is 0 Å². The summed E-state index contributed by atoms with van der Waals surface area (Å²) in [4.78, 5) is 0. The Labute approximate surface area is 117 Å². The summed E-state index contributed by atoms with van der Waals surface area (Å²) in [5, 5.41) is 0.850. The standard InChI is InChI=1S/C14H20BrNS/c1-10-3-2-4-13(7-10)17-9-11-5-6-12(16)8-14(11)15/h5-6,8,10,13H,2-4,7,9,16H2,1H3. The summed E-state index contributed by atoms with van der Waals surface area (Å²) in [5.74, 6) is 2.01. The Bertz CT molecular complexity index is 380. The van der Waals surface area contributed by atoms with Gasteiger partial charge >= 0.3 is 0 Å². The highest BCUT2D eigenvalue weighted by molar-refractivity contribution is 9.10. The zero-order chi connectivity index (χ0) is 12.3. The number of halogens is 1. The van der Waals surface area contributed by atoms with Crippen LogP contribution in [0.1, 0.15) is 38.2 Å². The van der Waals surface area contributed by atoms with Gasteiger partial charge in [-0.3, -0.25) is 0 Å². The van der Waals surface area contributed by atoms with Crippen LogP contribution < -0.4 is 5.73 Å². The average molecular weight is 314 g/mol. The van der Waals surface area contributed by atoms with Crippen molar-refractivity contribution in [1.29, 1.82) is 0 Å². The first-order chi connectivity index (χ1) is 8.15. The summed E-state index contributed by atoms with van der Waals surface area (Å²) in [5.41, 5.74) is 7.94. The fourth-order valence-electron chi connectivity index (χ4n) is 2.42. The second-order valence-corrected chi connectivity index (χ2v) is 7.20. The molecule has 0 spiro atoms. The van der Waals surface area contributed by atoms with Gasteiger partial charge in [0.1, 0.15) is 0 Å². The van der Waals surface area contributed by atoms with E-state index in [1.165, 1.54) is 31.2 Å². The van der Waals surface area contributed by atoms with Gasteiger partial charge in [0.2, 0.25) is 0 Å². The van der Waals surface area contributed by atoms with Gasteiger partial charge in [-0.25, -0.2) is 0 Å². The van der Waals surface area contributed by atoms with Crippen molar-refractivity contribution in [1.82, 2.24) is 0 Å². The number of hydrogen-bond acceptors (Lipinski definition) is 2. The highest BCUT2D eigenvalue weighted by Crippen LogP contribution is 2.34. The molecule has 17 heavy (non-hydrogen) atoms. The third kappa shape index (κ3) is 3.92. The van der Waals surface area contributed by atoms with Crippen molar-refractivity contribution in [3.05, 3.63) is 28.2 Å². The summed E-state index contributed by atoms with van der Waals surface area (Å²) in [7, 11) is 0. The molecule has 2 rings (SSSR count). The largest absolute Gasteiger partial charge is 0.399 e. The lowest BCUT2D eigenvalue weighted by Gasteiger charge is -2.26. The molecular formula is C14H20BrNS. The Hall–Kier alpha value is -0.150. The number of rotatable bonds is 3. The molecule has 1 saturated carbocycles. The molecule has 0 saturated heterocycles. The van der Waals surface area contributed by atoms with Crippen molar-refractivity contribution in [2.75, 3.05) is 5.73 Å². The average Bonchev–Trinajstić information content (AvgIpc) is 2.28. The van der Waals surface area contributed by atoms with Crippen LogP contribution in [0.5, 0.6) is 0 Å². The minimum atomic E-state index is 0.830. The van der Waals surface area contributed by atoms with Crippen LogP contribution in [-0.4, -0.2) is 5.25 Å². The van der Waals surface area contributed by atoms with Crippen LogP contribution in [-0.2, 0) is 5.75 Å². The van der Waals surface area contributed by atoms with E-state index in [2.05, 4.69) is 40.7 Å². The molecule has 1 aromatic carbocycles. The summed E-state index contributed by atoms with van der Waals surface area (Å²) >= 11 is 5.69. The predicted octanol–water partition coefficient (Wildman–Crippen LogP) is 4.84. The number of anilines is 1. The molecule has 1 aliphatic rings. The maximum absolute atomic E-state index is 5.75. The summed E-state index contributed by atoms with van der Waals surface area (Å²) in [6, 6.07) is 6.13. The number of benzene rings is 1. The van der Waals surface area contributed by atoms with Crippen molar-refractivity contribution in [2.45, 2.75) is 43.6 Å². The highest BCUT2D eigenvalue weighted by Gasteiger charge is 2.19. The summed E-state index contributed by atoms with van der Waals surface area (Å²) in [6.07, 6.45) is 5.60. The molecule has 2 unspecified atom stereocenters. The monoisotopic (exact) mass is 313 g/mol. The molecule has 1 aromatic rings. The molecule has 0 aromatic heterocycles. The first kappa shape index (κ1) is 13.3. The van der Waals surface area contributed by atoms with E-state index >= 15 is 0 Å². The zero-order valence-corrected chi connectivity index (χ0v) is 12.7. The predicted molar refractivity (Wildman–Crippen MR) is 81.3 cm³/mol. The molecule has 2 atom stereocenters. The normalized spacial score (nSPS) is 24.8. The Morgan fingerprint density at radius 2 is 2.24 bits per heavy atom. The molecule has 94 valence electrons. The number of hydrogen-bond donors (Lipinski definition) is 1. The molecule has 0 aliphatic heterocycles. The summed E-state index contributed by atoms with van der Waals surface area (Å²) in [6.45, 7) is 2.38. The lowest BCUT2D eigenvalue weighted by molar-refractivity contribution is 0.394. The van der Waals surface area contributed by atoms with Gasteiger partial charge in [-0.1, -0.05) is 41.8 Å². The molecule has 0 heterocycles. The second-order valence-electron chi connectivity index (χ2n) is 5.06. The SMILES string of the molecule is CC1CCCC(SCc2ccc(N)cc2Br)C1. The third-order valence-electron chi connectivity index (χ3n) is 3.44. The second kappa shape index (κ2) is 6.14. The van der Waals surface area contributed by atoms with E-state index in [1.54, 1.807) is 0 Å². The molecule has 3 heteroatoms. The minimum Gasteiger partial charge on any atom is -0.399 e. The molecule has 0 radical (unpaired) electrons. The van der Waals surface area contributed by atoms with Crippen molar-refractivity contribution in [3.63, 3.8) is 0 Å². The van der Waals surface area contributed by atoms with Crippen LogP contribution in [0.3, 0.4) is 0 Å². The van der Waals surface area contributed by atoms with Gasteiger partial charge in [0.25, 0.3) is 0 Å². The molecule has 1 nitrogen and oxygen atoms in total. The van der Waals surface area contributed by atoms with Crippen LogP contribution >= 0.6 is 27.7 Å². The maximum atomic E-state index is 5.75. The van der Waals surface area contributed by atoms with E-state index < -0.39 is 0 Å². The number of nitrogens with two attached hydrogens (primary N) is 1. The Morgan fingerprint density at radius 3 is 2.94 bits per heavy atom. The molecule has 1 fully saturated rings.